The van der Waals surface area contributed by atoms with Crippen molar-refractivity contribution in [2.45, 2.75) is 38.6 Å². The van der Waals surface area contributed by atoms with Crippen molar-refractivity contribution in [3.05, 3.63) is 60.3 Å². The van der Waals surface area contributed by atoms with Crippen LogP contribution in [0.2, 0.25) is 0 Å². The summed E-state index contributed by atoms with van der Waals surface area (Å²) < 4.78 is 4.08. The highest BCUT2D eigenvalue weighted by Crippen LogP contribution is 2.26. The lowest BCUT2D eigenvalue weighted by molar-refractivity contribution is 0.513. The number of aryl methyl sites for hydroxylation is 3. The number of hydrogen-bond acceptors (Lipinski definition) is 4. The Morgan fingerprint density at radius 1 is 1.20 bits per heavy atom. The average molecular weight is 334 g/mol. The van der Waals surface area contributed by atoms with Gasteiger partial charge in [-0.1, -0.05) is 12.2 Å². The second-order valence-corrected chi connectivity index (χ2v) is 7.05. The lowest BCUT2D eigenvalue weighted by atomic mass is 9.90. The van der Waals surface area contributed by atoms with Crippen LogP contribution in [0.5, 0.6) is 0 Å². The third-order valence-electron chi connectivity index (χ3n) is 4.61. The molecule has 25 heavy (non-hydrogen) atoms. The summed E-state index contributed by atoms with van der Waals surface area (Å²) in [7, 11) is 2.03. The van der Waals surface area contributed by atoms with Crippen LogP contribution in [0.3, 0.4) is 0 Å². The van der Waals surface area contributed by atoms with Crippen molar-refractivity contribution in [2.24, 2.45) is 7.05 Å². The smallest absolute Gasteiger partial charge is 0.151 e. The van der Waals surface area contributed by atoms with Crippen molar-refractivity contribution < 1.29 is 0 Å². The van der Waals surface area contributed by atoms with E-state index in [2.05, 4.69) is 40.6 Å². The van der Waals surface area contributed by atoms with Gasteiger partial charge in [-0.15, -0.1) is 0 Å². The maximum atomic E-state index is 4.77. The van der Waals surface area contributed by atoms with Crippen molar-refractivity contribution in [2.75, 3.05) is 0 Å². The molecule has 0 N–H and O–H groups in total. The van der Waals surface area contributed by atoms with Gasteiger partial charge in [0.05, 0.1) is 12.2 Å². The minimum absolute atomic E-state index is 0.0554. The highest BCUT2D eigenvalue weighted by Gasteiger charge is 2.27. The zero-order valence-corrected chi connectivity index (χ0v) is 14.8. The minimum atomic E-state index is -0.0554. The van der Waals surface area contributed by atoms with Gasteiger partial charge in [0.2, 0.25) is 0 Å². The highest BCUT2D eigenvalue weighted by molar-refractivity contribution is 5.56. The molecule has 0 unspecified atom stereocenters. The van der Waals surface area contributed by atoms with E-state index < -0.39 is 0 Å². The van der Waals surface area contributed by atoms with E-state index in [0.717, 1.165) is 48.1 Å². The van der Waals surface area contributed by atoms with Crippen molar-refractivity contribution in [1.29, 1.82) is 0 Å². The van der Waals surface area contributed by atoms with Crippen molar-refractivity contribution in [3.8, 4) is 11.3 Å². The Morgan fingerprint density at radius 3 is 2.84 bits per heavy atom. The van der Waals surface area contributed by atoms with Gasteiger partial charge in [0, 0.05) is 49.5 Å². The molecule has 6 heteroatoms. The molecule has 0 saturated carbocycles. The van der Waals surface area contributed by atoms with Crippen LogP contribution < -0.4 is 0 Å². The van der Waals surface area contributed by atoms with Gasteiger partial charge in [0.25, 0.3) is 0 Å². The lowest BCUT2D eigenvalue weighted by Gasteiger charge is -2.23. The van der Waals surface area contributed by atoms with Crippen molar-refractivity contribution >= 4 is 0 Å². The van der Waals surface area contributed by atoms with Gasteiger partial charge in [-0.2, -0.15) is 5.10 Å². The first-order valence-corrected chi connectivity index (χ1v) is 8.57. The molecule has 1 aliphatic heterocycles. The van der Waals surface area contributed by atoms with Crippen molar-refractivity contribution in [3.63, 3.8) is 0 Å². The predicted octanol–water partition coefficient (Wildman–Crippen LogP) is 2.71. The van der Waals surface area contributed by atoms with Gasteiger partial charge >= 0.3 is 0 Å². The molecule has 0 fully saturated rings. The van der Waals surface area contributed by atoms with Crippen LogP contribution in [0, 0.1) is 0 Å². The summed E-state index contributed by atoms with van der Waals surface area (Å²) >= 11 is 0. The number of imidazole rings is 1. The van der Waals surface area contributed by atoms with E-state index in [0.29, 0.717) is 0 Å². The molecule has 3 aromatic heterocycles. The van der Waals surface area contributed by atoms with Crippen LogP contribution in [0.15, 0.2) is 42.9 Å². The summed E-state index contributed by atoms with van der Waals surface area (Å²) in [4.78, 5) is 13.7. The van der Waals surface area contributed by atoms with E-state index in [-0.39, 0.29) is 5.41 Å². The van der Waals surface area contributed by atoms with Gasteiger partial charge in [-0.25, -0.2) is 14.6 Å². The standard InChI is InChI=1S/C19H22N6/c1-19(2)9-5-11-25-18(19)22-16(23-25)7-8-17-21-15(13-24(17)3)14-6-4-10-20-12-14/h4-6,9-10,12-13H,7-8,11H2,1-3H3. The third-order valence-corrected chi connectivity index (χ3v) is 4.61. The Morgan fingerprint density at radius 2 is 2.08 bits per heavy atom. The van der Waals surface area contributed by atoms with E-state index in [1.165, 1.54) is 0 Å². The Hall–Kier alpha value is -2.76. The number of fused-ring (bicyclic) bond motifs is 1. The van der Waals surface area contributed by atoms with Crippen LogP contribution in [-0.4, -0.2) is 29.3 Å². The fourth-order valence-corrected chi connectivity index (χ4v) is 3.23. The monoisotopic (exact) mass is 334 g/mol. The molecule has 0 radical (unpaired) electrons. The second-order valence-electron chi connectivity index (χ2n) is 7.05. The number of rotatable bonds is 4. The molecule has 6 nitrogen and oxygen atoms in total. The molecule has 0 bridgehead atoms. The summed E-state index contributed by atoms with van der Waals surface area (Å²) in [6, 6.07) is 3.96. The molecule has 0 spiro atoms. The fourth-order valence-electron chi connectivity index (χ4n) is 3.23. The highest BCUT2D eigenvalue weighted by atomic mass is 15.4. The molecule has 128 valence electrons. The molecular weight excluding hydrogens is 312 g/mol. The first kappa shape index (κ1) is 15.7. The molecule has 1 aliphatic rings. The van der Waals surface area contributed by atoms with Gasteiger partial charge in [-0.05, 0) is 26.0 Å². The summed E-state index contributed by atoms with van der Waals surface area (Å²) in [6.45, 7) is 5.15. The van der Waals surface area contributed by atoms with Crippen molar-refractivity contribution in [1.82, 2.24) is 29.3 Å². The van der Waals surface area contributed by atoms with Crippen LogP contribution in [0.25, 0.3) is 11.3 Å². The molecule has 3 aromatic rings. The van der Waals surface area contributed by atoms with E-state index in [1.54, 1.807) is 6.20 Å². The average Bonchev–Trinajstić information content (AvgIpc) is 3.18. The molecule has 4 rings (SSSR count). The first-order valence-electron chi connectivity index (χ1n) is 8.57. The number of allylic oxidation sites excluding steroid dienone is 2. The van der Waals surface area contributed by atoms with E-state index in [9.17, 15) is 0 Å². The molecule has 0 atom stereocenters. The molecule has 0 amide bonds. The van der Waals surface area contributed by atoms with Gasteiger partial charge in [0.1, 0.15) is 11.6 Å². The first-order chi connectivity index (χ1) is 12.0. The summed E-state index contributed by atoms with van der Waals surface area (Å²) in [5.41, 5.74) is 1.93. The van der Waals surface area contributed by atoms with Crippen LogP contribution in [0.1, 0.15) is 31.3 Å². The summed E-state index contributed by atoms with van der Waals surface area (Å²) in [5, 5.41) is 4.66. The molecule has 4 heterocycles. The second kappa shape index (κ2) is 5.95. The predicted molar refractivity (Wildman–Crippen MR) is 96.0 cm³/mol. The Bertz CT molecular complexity index is 917. The fraction of sp³-hybridized carbons (Fsp3) is 0.368. The van der Waals surface area contributed by atoms with E-state index in [1.807, 2.05) is 36.3 Å². The summed E-state index contributed by atoms with van der Waals surface area (Å²) in [6.07, 6.45) is 11.6. The van der Waals surface area contributed by atoms with Gasteiger partial charge < -0.3 is 4.57 Å². The maximum Gasteiger partial charge on any atom is 0.151 e. The van der Waals surface area contributed by atoms with Gasteiger partial charge in [-0.3, -0.25) is 4.98 Å². The zero-order valence-electron chi connectivity index (χ0n) is 14.8. The van der Waals surface area contributed by atoms with Gasteiger partial charge in [0.15, 0.2) is 5.82 Å². The number of nitrogens with zero attached hydrogens (tertiary/aromatic N) is 6. The SMILES string of the molecule is Cn1cc(-c2cccnc2)nc1CCc1nc2n(n1)CC=CC2(C)C. The largest absolute Gasteiger partial charge is 0.337 e. The Balaban J connectivity index is 1.51. The molecule has 0 saturated heterocycles. The Labute approximate surface area is 147 Å². The molecular formula is C19H22N6. The van der Waals surface area contributed by atoms with E-state index in [4.69, 9.17) is 9.97 Å². The number of aromatic nitrogens is 6. The topological polar surface area (TPSA) is 61.4 Å². The Kier molecular flexibility index (Phi) is 3.75. The van der Waals surface area contributed by atoms with Crippen LogP contribution in [0.4, 0.5) is 0 Å². The lowest BCUT2D eigenvalue weighted by Crippen LogP contribution is -2.24. The van der Waals surface area contributed by atoms with Crippen LogP contribution in [-0.2, 0) is 31.8 Å². The summed E-state index contributed by atoms with van der Waals surface area (Å²) in [5.74, 6) is 2.96. The maximum absolute atomic E-state index is 4.77. The molecule has 0 aliphatic carbocycles. The third kappa shape index (κ3) is 2.99. The normalized spacial score (nSPS) is 15.3. The van der Waals surface area contributed by atoms with Crippen LogP contribution >= 0.6 is 0 Å². The number of pyridine rings is 1. The zero-order chi connectivity index (χ0) is 17.4. The van der Waals surface area contributed by atoms with E-state index >= 15 is 0 Å². The minimum Gasteiger partial charge on any atom is -0.337 e. The number of hydrogen-bond donors (Lipinski definition) is 0. The molecule has 0 aromatic carbocycles. The quantitative estimate of drug-likeness (QED) is 0.688.